The average Bonchev–Trinajstić information content (AvgIpc) is 2.61. The Morgan fingerprint density at radius 1 is 1.00 bits per heavy atom. The van der Waals surface area contributed by atoms with Gasteiger partial charge in [-0.1, -0.05) is 24.3 Å². The van der Waals surface area contributed by atoms with Crippen LogP contribution in [0, 0.1) is 0 Å². The normalized spacial score (nSPS) is 11.2. The van der Waals surface area contributed by atoms with Gasteiger partial charge in [0.1, 0.15) is 0 Å². The largest absolute Gasteiger partial charge is 0.329 e. The van der Waals surface area contributed by atoms with Gasteiger partial charge in [0.2, 0.25) is 0 Å². The van der Waals surface area contributed by atoms with Gasteiger partial charge in [-0.15, -0.1) is 0 Å². The second-order valence-corrected chi connectivity index (χ2v) is 6.75. The second-order valence-electron chi connectivity index (χ2n) is 6.75. The Bertz CT molecular complexity index is 980. The van der Waals surface area contributed by atoms with Crippen molar-refractivity contribution in [2.45, 2.75) is 26.3 Å². The van der Waals surface area contributed by atoms with Gasteiger partial charge in [-0.2, -0.15) is 0 Å². The van der Waals surface area contributed by atoms with Crippen LogP contribution in [0.3, 0.4) is 0 Å². The van der Waals surface area contributed by atoms with Crippen LogP contribution in [-0.2, 0) is 5.54 Å². The van der Waals surface area contributed by atoms with Gasteiger partial charge in [-0.25, -0.2) is 4.79 Å². The van der Waals surface area contributed by atoms with E-state index in [1.54, 1.807) is 12.3 Å². The summed E-state index contributed by atoms with van der Waals surface area (Å²) in [5.74, 6) is -0.00289. The molecule has 5 heteroatoms. The summed E-state index contributed by atoms with van der Waals surface area (Å²) >= 11 is 0. The molecule has 0 fully saturated rings. The maximum Gasteiger partial charge on any atom is 0.319 e. The summed E-state index contributed by atoms with van der Waals surface area (Å²) in [6.07, 6.45) is 1.74. The van der Waals surface area contributed by atoms with E-state index in [2.05, 4.69) is 15.6 Å². The highest BCUT2D eigenvalue weighted by Crippen LogP contribution is 2.22. The van der Waals surface area contributed by atoms with Crippen molar-refractivity contribution in [3.63, 3.8) is 0 Å². The number of amides is 2. The van der Waals surface area contributed by atoms with Gasteiger partial charge >= 0.3 is 6.03 Å². The summed E-state index contributed by atoms with van der Waals surface area (Å²) in [6, 6.07) is 16.4. The van der Waals surface area contributed by atoms with Gasteiger partial charge in [0.25, 0.3) is 0 Å². The van der Waals surface area contributed by atoms with Crippen molar-refractivity contribution < 1.29 is 9.59 Å². The van der Waals surface area contributed by atoms with E-state index in [0.29, 0.717) is 11.3 Å². The molecule has 1 heterocycles. The topological polar surface area (TPSA) is 71.1 Å². The highest BCUT2D eigenvalue weighted by atomic mass is 16.2. The van der Waals surface area contributed by atoms with Crippen LogP contribution in [-0.4, -0.2) is 16.8 Å². The number of Topliss-reactive ketones (excluding diaryl/α,β-unsaturated/α-hetero) is 1. The van der Waals surface area contributed by atoms with Gasteiger partial charge in [-0.05, 0) is 56.7 Å². The van der Waals surface area contributed by atoms with Crippen molar-refractivity contribution >= 4 is 28.4 Å². The Hall–Kier alpha value is -3.21. The molecule has 2 N–H and O–H groups in total. The van der Waals surface area contributed by atoms with Crippen molar-refractivity contribution in [3.8, 4) is 0 Å². The monoisotopic (exact) mass is 347 g/mol. The lowest BCUT2D eigenvalue weighted by atomic mass is 9.92. The third-order valence-corrected chi connectivity index (χ3v) is 4.28. The van der Waals surface area contributed by atoms with Gasteiger partial charge in [0, 0.05) is 22.8 Å². The van der Waals surface area contributed by atoms with Crippen molar-refractivity contribution in [1.29, 1.82) is 0 Å². The van der Waals surface area contributed by atoms with Crippen LogP contribution < -0.4 is 10.6 Å². The number of carbonyl (C=O) groups is 2. The lowest BCUT2D eigenvalue weighted by molar-refractivity contribution is 0.101. The molecule has 0 aliphatic heterocycles. The molecule has 0 bridgehead atoms. The summed E-state index contributed by atoms with van der Waals surface area (Å²) in [7, 11) is 0. The maximum atomic E-state index is 12.5. The van der Waals surface area contributed by atoms with E-state index in [0.717, 1.165) is 16.5 Å². The van der Waals surface area contributed by atoms with E-state index in [-0.39, 0.29) is 11.8 Å². The van der Waals surface area contributed by atoms with Gasteiger partial charge in [0.05, 0.1) is 11.1 Å². The molecule has 0 aliphatic carbocycles. The molecule has 2 amide bonds. The number of pyridine rings is 1. The minimum Gasteiger partial charge on any atom is -0.329 e. The summed E-state index contributed by atoms with van der Waals surface area (Å²) in [5, 5.41) is 6.77. The number of nitrogens with one attached hydrogen (secondary N) is 2. The Balaban J connectivity index is 1.75. The standard InChI is InChI=1S/C21H21N3O2/c1-14(25)15-6-4-8-17(12-15)21(2,3)24-20(26)23-18-9-10-19-16(13-18)7-5-11-22-19/h4-13H,1-3H3,(H2,23,24,26). The average molecular weight is 347 g/mol. The molecule has 1 aromatic heterocycles. The zero-order valence-electron chi connectivity index (χ0n) is 15.0. The van der Waals surface area contributed by atoms with Crippen LogP contribution in [0.4, 0.5) is 10.5 Å². The number of carbonyl (C=O) groups excluding carboxylic acids is 2. The molecule has 0 aliphatic rings. The van der Waals surface area contributed by atoms with Crippen molar-refractivity contribution in [2.75, 3.05) is 5.32 Å². The van der Waals surface area contributed by atoms with Crippen LogP contribution in [0.15, 0.2) is 60.8 Å². The van der Waals surface area contributed by atoms with Crippen molar-refractivity contribution in [1.82, 2.24) is 10.3 Å². The van der Waals surface area contributed by atoms with Crippen LogP contribution in [0.25, 0.3) is 10.9 Å². The SMILES string of the molecule is CC(=O)c1cccc(C(C)(C)NC(=O)Nc2ccc3ncccc3c2)c1. The van der Waals surface area contributed by atoms with Gasteiger partial charge < -0.3 is 10.6 Å². The number of fused-ring (bicyclic) bond motifs is 1. The fourth-order valence-corrected chi connectivity index (χ4v) is 2.80. The fourth-order valence-electron chi connectivity index (χ4n) is 2.80. The number of hydrogen-bond donors (Lipinski definition) is 2. The summed E-state index contributed by atoms with van der Waals surface area (Å²) < 4.78 is 0. The van der Waals surface area contributed by atoms with E-state index >= 15 is 0 Å². The lowest BCUT2D eigenvalue weighted by Crippen LogP contribution is -2.43. The first kappa shape index (κ1) is 17.6. The van der Waals surface area contributed by atoms with Crippen molar-refractivity contribution in [3.05, 3.63) is 71.9 Å². The molecule has 0 saturated carbocycles. The van der Waals surface area contributed by atoms with E-state index < -0.39 is 5.54 Å². The van der Waals surface area contributed by atoms with E-state index in [1.165, 1.54) is 6.92 Å². The van der Waals surface area contributed by atoms with E-state index in [9.17, 15) is 9.59 Å². The highest BCUT2D eigenvalue weighted by molar-refractivity contribution is 5.95. The molecule has 3 aromatic rings. The number of hydrogen-bond acceptors (Lipinski definition) is 3. The number of nitrogens with zero attached hydrogens (tertiary/aromatic N) is 1. The fraction of sp³-hybridized carbons (Fsp3) is 0.190. The molecule has 0 atom stereocenters. The predicted octanol–water partition coefficient (Wildman–Crippen LogP) is 4.49. The number of benzene rings is 2. The summed E-state index contributed by atoms with van der Waals surface area (Å²) in [6.45, 7) is 5.33. The summed E-state index contributed by atoms with van der Waals surface area (Å²) in [4.78, 5) is 28.3. The molecule has 0 saturated heterocycles. The third kappa shape index (κ3) is 3.88. The minimum absolute atomic E-state index is 0.00289. The highest BCUT2D eigenvalue weighted by Gasteiger charge is 2.23. The quantitative estimate of drug-likeness (QED) is 0.683. The Kier molecular flexibility index (Phi) is 4.71. The molecule has 5 nitrogen and oxygen atoms in total. The van der Waals surface area contributed by atoms with Gasteiger partial charge in [-0.3, -0.25) is 9.78 Å². The first-order valence-electron chi connectivity index (χ1n) is 8.40. The Morgan fingerprint density at radius 2 is 1.81 bits per heavy atom. The molecular weight excluding hydrogens is 326 g/mol. The molecule has 0 radical (unpaired) electrons. The molecule has 2 aromatic carbocycles. The second kappa shape index (κ2) is 6.96. The van der Waals surface area contributed by atoms with E-state index in [4.69, 9.17) is 0 Å². The zero-order valence-corrected chi connectivity index (χ0v) is 15.0. The van der Waals surface area contributed by atoms with Crippen LogP contribution >= 0.6 is 0 Å². The number of aromatic nitrogens is 1. The Labute approximate surface area is 152 Å². The van der Waals surface area contributed by atoms with E-state index in [1.807, 2.05) is 62.4 Å². The maximum absolute atomic E-state index is 12.5. The Morgan fingerprint density at radius 3 is 2.58 bits per heavy atom. The first-order valence-corrected chi connectivity index (χ1v) is 8.40. The lowest BCUT2D eigenvalue weighted by Gasteiger charge is -2.27. The molecular formula is C21H21N3O2. The van der Waals surface area contributed by atoms with Crippen LogP contribution in [0.1, 0.15) is 36.7 Å². The summed E-state index contributed by atoms with van der Waals surface area (Å²) in [5.41, 5.74) is 2.42. The molecule has 26 heavy (non-hydrogen) atoms. The number of ketones is 1. The van der Waals surface area contributed by atoms with Gasteiger partial charge in [0.15, 0.2) is 5.78 Å². The smallest absolute Gasteiger partial charge is 0.319 e. The molecule has 0 spiro atoms. The van der Waals surface area contributed by atoms with Crippen LogP contribution in [0.2, 0.25) is 0 Å². The molecule has 0 unspecified atom stereocenters. The third-order valence-electron chi connectivity index (χ3n) is 4.28. The van der Waals surface area contributed by atoms with Crippen molar-refractivity contribution in [2.24, 2.45) is 0 Å². The minimum atomic E-state index is -0.631. The molecule has 132 valence electrons. The molecule has 3 rings (SSSR count). The number of anilines is 1. The zero-order chi connectivity index (χ0) is 18.7. The number of urea groups is 1. The predicted molar refractivity (Wildman–Crippen MR) is 103 cm³/mol. The van der Waals surface area contributed by atoms with Crippen LogP contribution in [0.5, 0.6) is 0 Å². The first-order chi connectivity index (χ1) is 12.3. The number of rotatable bonds is 4.